The molecule has 0 aliphatic rings. The van der Waals surface area contributed by atoms with Crippen LogP contribution in [-0.4, -0.2) is 18.3 Å². The summed E-state index contributed by atoms with van der Waals surface area (Å²) in [6, 6.07) is 2.52. The first kappa shape index (κ1) is 10.3. The standard InChI is InChI=1S/C9H10FNO3/c1-5-3-8(14-2)6(10)4-7(5)11-9(12)13/h3-4,11H,1-2H3,(H,12,13). The molecule has 0 heterocycles. The van der Waals surface area contributed by atoms with Gasteiger partial charge < -0.3 is 9.84 Å². The molecule has 1 rings (SSSR count). The predicted octanol–water partition coefficient (Wildman–Crippen LogP) is 2.23. The van der Waals surface area contributed by atoms with Gasteiger partial charge in [0.2, 0.25) is 0 Å². The van der Waals surface area contributed by atoms with Crippen LogP contribution in [-0.2, 0) is 0 Å². The number of amides is 1. The van der Waals surface area contributed by atoms with Crippen LogP contribution in [0.2, 0.25) is 0 Å². The van der Waals surface area contributed by atoms with Crippen LogP contribution in [0.1, 0.15) is 5.56 Å². The minimum absolute atomic E-state index is 0.0958. The number of methoxy groups -OCH3 is 1. The van der Waals surface area contributed by atoms with Crippen molar-refractivity contribution < 1.29 is 19.0 Å². The summed E-state index contributed by atoms with van der Waals surface area (Å²) in [6.45, 7) is 1.66. The molecule has 14 heavy (non-hydrogen) atoms. The first-order chi connectivity index (χ1) is 6.54. The van der Waals surface area contributed by atoms with E-state index in [0.717, 1.165) is 6.07 Å². The van der Waals surface area contributed by atoms with Crippen molar-refractivity contribution in [2.24, 2.45) is 0 Å². The average molecular weight is 199 g/mol. The van der Waals surface area contributed by atoms with E-state index < -0.39 is 11.9 Å². The molecule has 0 atom stereocenters. The van der Waals surface area contributed by atoms with Crippen molar-refractivity contribution in [3.8, 4) is 5.75 Å². The molecule has 0 fully saturated rings. The van der Waals surface area contributed by atoms with E-state index in [2.05, 4.69) is 5.32 Å². The minimum Gasteiger partial charge on any atom is -0.494 e. The topological polar surface area (TPSA) is 58.6 Å². The fraction of sp³-hybridized carbons (Fsp3) is 0.222. The van der Waals surface area contributed by atoms with Crippen molar-refractivity contribution in [2.45, 2.75) is 6.92 Å². The monoisotopic (exact) mass is 199 g/mol. The maximum atomic E-state index is 13.1. The number of aryl methyl sites for hydroxylation is 1. The molecule has 1 aromatic carbocycles. The molecule has 0 saturated carbocycles. The second kappa shape index (κ2) is 3.95. The van der Waals surface area contributed by atoms with Gasteiger partial charge >= 0.3 is 6.09 Å². The van der Waals surface area contributed by atoms with Crippen molar-refractivity contribution >= 4 is 11.8 Å². The van der Waals surface area contributed by atoms with E-state index in [0.29, 0.717) is 5.56 Å². The number of rotatable bonds is 2. The lowest BCUT2D eigenvalue weighted by atomic mass is 10.2. The van der Waals surface area contributed by atoms with Crippen LogP contribution in [0, 0.1) is 12.7 Å². The fourth-order valence-corrected chi connectivity index (χ4v) is 1.06. The molecule has 0 aliphatic carbocycles. The highest BCUT2D eigenvalue weighted by atomic mass is 19.1. The van der Waals surface area contributed by atoms with Crippen LogP contribution in [0.5, 0.6) is 5.75 Å². The third-order valence-electron chi connectivity index (χ3n) is 1.74. The molecule has 1 aromatic rings. The smallest absolute Gasteiger partial charge is 0.409 e. The number of benzene rings is 1. The fourth-order valence-electron chi connectivity index (χ4n) is 1.06. The van der Waals surface area contributed by atoms with E-state index in [1.807, 2.05) is 0 Å². The first-order valence-corrected chi connectivity index (χ1v) is 3.88. The molecule has 0 aromatic heterocycles. The van der Waals surface area contributed by atoms with Gasteiger partial charge in [0.05, 0.1) is 12.8 Å². The van der Waals surface area contributed by atoms with Crippen molar-refractivity contribution in [2.75, 3.05) is 12.4 Å². The molecule has 0 unspecified atom stereocenters. The Morgan fingerprint density at radius 3 is 2.71 bits per heavy atom. The zero-order valence-electron chi connectivity index (χ0n) is 7.80. The first-order valence-electron chi connectivity index (χ1n) is 3.88. The average Bonchev–Trinajstić information content (AvgIpc) is 2.10. The summed E-state index contributed by atoms with van der Waals surface area (Å²) in [4.78, 5) is 10.3. The Morgan fingerprint density at radius 2 is 2.21 bits per heavy atom. The molecular weight excluding hydrogens is 189 g/mol. The number of halogens is 1. The van der Waals surface area contributed by atoms with Gasteiger partial charge in [0, 0.05) is 6.07 Å². The maximum Gasteiger partial charge on any atom is 0.409 e. The van der Waals surface area contributed by atoms with Crippen LogP contribution in [0.4, 0.5) is 14.9 Å². The Balaban J connectivity index is 3.08. The second-order valence-corrected chi connectivity index (χ2v) is 2.73. The van der Waals surface area contributed by atoms with Crippen LogP contribution in [0.15, 0.2) is 12.1 Å². The summed E-state index contributed by atoms with van der Waals surface area (Å²) < 4.78 is 17.9. The largest absolute Gasteiger partial charge is 0.494 e. The summed E-state index contributed by atoms with van der Waals surface area (Å²) in [5, 5.41) is 10.5. The summed E-state index contributed by atoms with van der Waals surface area (Å²) in [5.74, 6) is -0.500. The summed E-state index contributed by atoms with van der Waals surface area (Å²) in [5.41, 5.74) is 0.821. The van der Waals surface area contributed by atoms with Gasteiger partial charge in [-0.2, -0.15) is 0 Å². The molecule has 0 aliphatic heterocycles. The van der Waals surface area contributed by atoms with E-state index in [1.165, 1.54) is 13.2 Å². The number of hydrogen-bond donors (Lipinski definition) is 2. The molecule has 0 spiro atoms. The van der Waals surface area contributed by atoms with Gasteiger partial charge in [-0.15, -0.1) is 0 Å². The van der Waals surface area contributed by atoms with Gasteiger partial charge in [-0.3, -0.25) is 5.32 Å². The molecule has 2 N–H and O–H groups in total. The van der Waals surface area contributed by atoms with Crippen LogP contribution in [0.3, 0.4) is 0 Å². The third kappa shape index (κ3) is 2.12. The quantitative estimate of drug-likeness (QED) is 0.767. The Morgan fingerprint density at radius 1 is 1.57 bits per heavy atom. The van der Waals surface area contributed by atoms with Crippen molar-refractivity contribution in [3.05, 3.63) is 23.5 Å². The third-order valence-corrected chi connectivity index (χ3v) is 1.74. The molecule has 0 bridgehead atoms. The van der Waals surface area contributed by atoms with Gasteiger partial charge in [-0.25, -0.2) is 9.18 Å². The second-order valence-electron chi connectivity index (χ2n) is 2.73. The number of ether oxygens (including phenoxy) is 1. The van der Waals surface area contributed by atoms with Gasteiger partial charge in [0.15, 0.2) is 11.6 Å². The van der Waals surface area contributed by atoms with Gasteiger partial charge in [-0.1, -0.05) is 0 Å². The van der Waals surface area contributed by atoms with Crippen LogP contribution < -0.4 is 10.1 Å². The lowest BCUT2D eigenvalue weighted by Gasteiger charge is -2.08. The SMILES string of the molecule is COc1cc(C)c(NC(=O)O)cc1F. The summed E-state index contributed by atoms with van der Waals surface area (Å²) >= 11 is 0. The molecule has 5 heteroatoms. The maximum absolute atomic E-state index is 13.1. The Kier molecular flexibility index (Phi) is 2.91. The van der Waals surface area contributed by atoms with Crippen molar-refractivity contribution in [3.63, 3.8) is 0 Å². The zero-order chi connectivity index (χ0) is 10.7. The molecule has 4 nitrogen and oxygen atoms in total. The summed E-state index contributed by atoms with van der Waals surface area (Å²) in [6.07, 6.45) is -1.22. The van der Waals surface area contributed by atoms with E-state index in [4.69, 9.17) is 9.84 Å². The van der Waals surface area contributed by atoms with Crippen LogP contribution in [0.25, 0.3) is 0 Å². The number of carbonyl (C=O) groups is 1. The number of hydrogen-bond acceptors (Lipinski definition) is 2. The Labute approximate surface area is 80.3 Å². The molecule has 0 radical (unpaired) electrons. The van der Waals surface area contributed by atoms with Crippen molar-refractivity contribution in [1.82, 2.24) is 0 Å². The minimum atomic E-state index is -1.22. The number of carboxylic acid groups (broad SMARTS) is 1. The normalized spacial score (nSPS) is 9.64. The van der Waals surface area contributed by atoms with Gasteiger partial charge in [0.25, 0.3) is 0 Å². The lowest BCUT2D eigenvalue weighted by Crippen LogP contribution is -2.09. The lowest BCUT2D eigenvalue weighted by molar-refractivity contribution is 0.209. The van der Waals surface area contributed by atoms with E-state index >= 15 is 0 Å². The van der Waals surface area contributed by atoms with Gasteiger partial charge in [0.1, 0.15) is 0 Å². The Hall–Kier alpha value is -1.78. The molecule has 0 saturated heterocycles. The van der Waals surface area contributed by atoms with Gasteiger partial charge in [-0.05, 0) is 18.6 Å². The number of nitrogens with one attached hydrogen (secondary N) is 1. The van der Waals surface area contributed by atoms with Crippen LogP contribution >= 0.6 is 0 Å². The Bertz CT molecular complexity index is 365. The van der Waals surface area contributed by atoms with E-state index in [9.17, 15) is 9.18 Å². The summed E-state index contributed by atoms with van der Waals surface area (Å²) in [7, 11) is 1.35. The predicted molar refractivity (Wildman–Crippen MR) is 49.3 cm³/mol. The molecule has 1 amide bonds. The highest BCUT2D eigenvalue weighted by Crippen LogP contribution is 2.24. The van der Waals surface area contributed by atoms with E-state index in [-0.39, 0.29) is 11.4 Å². The van der Waals surface area contributed by atoms with E-state index in [1.54, 1.807) is 6.92 Å². The zero-order valence-corrected chi connectivity index (χ0v) is 7.80. The van der Waals surface area contributed by atoms with Crippen molar-refractivity contribution in [1.29, 1.82) is 0 Å². The molecular formula is C9H10FNO3. The number of anilines is 1. The highest BCUT2D eigenvalue weighted by molar-refractivity contribution is 5.84. The highest BCUT2D eigenvalue weighted by Gasteiger charge is 2.08. The molecule has 76 valence electrons.